The fourth-order valence-corrected chi connectivity index (χ4v) is 11.8. The Morgan fingerprint density at radius 2 is 0.471 bits per heavy atom. The van der Waals surface area contributed by atoms with Crippen LogP contribution < -0.4 is 0 Å². The van der Waals surface area contributed by atoms with Gasteiger partial charge in [-0.3, -0.25) is 0 Å². The second kappa shape index (κ2) is 12.3. The Hall–Kier alpha value is -9.26. The highest BCUT2D eigenvalue weighted by molar-refractivity contribution is 6.34. The van der Waals surface area contributed by atoms with Crippen LogP contribution in [0.15, 0.2) is 208 Å². The highest BCUT2D eigenvalue weighted by atomic mass is 16.4. The van der Waals surface area contributed by atoms with E-state index in [4.69, 9.17) is 26.5 Å². The first kappa shape index (κ1) is 35.1. The summed E-state index contributed by atoms with van der Waals surface area (Å²) in [5, 5.41) is 16.7. The summed E-state index contributed by atoms with van der Waals surface area (Å²) >= 11 is 0. The third-order valence-corrected chi connectivity index (χ3v) is 14.6. The van der Waals surface area contributed by atoms with E-state index in [1.54, 1.807) is 0 Å². The smallest absolute Gasteiger partial charge is 0.144 e. The molecule has 0 aliphatic heterocycles. The first-order chi connectivity index (χ1) is 33.7. The van der Waals surface area contributed by atoms with Gasteiger partial charge >= 0.3 is 0 Å². The van der Waals surface area contributed by atoms with Crippen molar-refractivity contribution in [3.05, 3.63) is 182 Å². The largest absolute Gasteiger partial charge is 0.456 e. The zero-order valence-corrected chi connectivity index (χ0v) is 35.8. The Labute approximate surface area is 382 Å². The van der Waals surface area contributed by atoms with Gasteiger partial charge in [0, 0.05) is 75.8 Å². The minimum atomic E-state index is 0.753. The maximum atomic E-state index is 7.06. The van der Waals surface area contributed by atoms with Crippen molar-refractivity contribution in [2.45, 2.75) is 0 Å². The molecule has 314 valence electrons. The lowest BCUT2D eigenvalue weighted by Gasteiger charge is -2.10. The Bertz CT molecular complexity index is 4780. The van der Waals surface area contributed by atoms with Crippen molar-refractivity contribution in [2.75, 3.05) is 0 Å². The maximum Gasteiger partial charge on any atom is 0.144 e. The van der Waals surface area contributed by atoms with E-state index in [-0.39, 0.29) is 0 Å². The molecular weight excluding hydrogens is 841 g/mol. The van der Waals surface area contributed by atoms with Crippen LogP contribution in [0.3, 0.4) is 0 Å². The molecule has 0 amide bonds. The lowest BCUT2D eigenvalue weighted by atomic mass is 9.92. The average molecular weight is 871 g/mol. The molecule has 0 saturated carbocycles. The van der Waals surface area contributed by atoms with Gasteiger partial charge in [-0.2, -0.15) is 0 Å². The van der Waals surface area contributed by atoms with Crippen molar-refractivity contribution in [2.24, 2.45) is 0 Å². The van der Waals surface area contributed by atoms with Crippen LogP contribution in [0.5, 0.6) is 0 Å². The van der Waals surface area contributed by atoms with Crippen molar-refractivity contribution in [3.63, 3.8) is 0 Å². The first-order valence-electron chi connectivity index (χ1n) is 22.9. The molecule has 17 rings (SSSR count). The van der Waals surface area contributed by atoms with Crippen LogP contribution in [0, 0.1) is 0 Å². The Balaban J connectivity index is 0.967. The molecule has 0 aliphatic carbocycles. The van der Waals surface area contributed by atoms with E-state index in [0.29, 0.717) is 0 Å². The summed E-state index contributed by atoms with van der Waals surface area (Å²) in [7, 11) is 0. The molecule has 17 aromatic rings. The fourth-order valence-electron chi connectivity index (χ4n) is 11.8. The van der Waals surface area contributed by atoms with Gasteiger partial charge in [0.2, 0.25) is 0 Å². The summed E-state index contributed by atoms with van der Waals surface area (Å²) in [4.78, 5) is 0. The van der Waals surface area contributed by atoms with Crippen LogP contribution in [-0.2, 0) is 0 Å². The topological polar surface area (TPSA) is 78.8 Å². The molecule has 0 spiro atoms. The number of hydrogen-bond acceptors (Lipinski definition) is 6. The average Bonchev–Trinajstić information content (AvgIpc) is 4.24. The number of para-hydroxylation sites is 4. The summed E-state index contributed by atoms with van der Waals surface area (Å²) in [6.45, 7) is 0. The third kappa shape index (κ3) is 4.37. The molecule has 6 heterocycles. The molecule has 0 unspecified atom stereocenters. The monoisotopic (exact) mass is 870 g/mol. The molecule has 68 heavy (non-hydrogen) atoms. The molecule has 0 atom stereocenters. The summed E-state index contributed by atoms with van der Waals surface area (Å²) < 4.78 is 41.1. The van der Waals surface area contributed by atoms with Gasteiger partial charge < -0.3 is 26.5 Å². The van der Waals surface area contributed by atoms with Crippen LogP contribution in [0.4, 0.5) is 0 Å². The van der Waals surface area contributed by atoms with Crippen molar-refractivity contribution in [1.82, 2.24) is 0 Å². The Morgan fingerprint density at radius 3 is 0.882 bits per heavy atom. The second-order valence-corrected chi connectivity index (χ2v) is 18.1. The van der Waals surface area contributed by atoms with E-state index in [2.05, 4.69) is 133 Å². The van der Waals surface area contributed by atoms with Gasteiger partial charge in [-0.1, -0.05) is 121 Å². The molecule has 0 radical (unpaired) electrons. The maximum absolute atomic E-state index is 7.06. The minimum Gasteiger partial charge on any atom is -0.456 e. The van der Waals surface area contributed by atoms with Gasteiger partial charge in [0.1, 0.15) is 67.0 Å². The third-order valence-electron chi connectivity index (χ3n) is 14.6. The van der Waals surface area contributed by atoms with Gasteiger partial charge in [-0.05, 0) is 93.3 Å². The van der Waals surface area contributed by atoms with Crippen LogP contribution >= 0.6 is 0 Å². The van der Waals surface area contributed by atoms with E-state index in [0.717, 1.165) is 175 Å². The molecule has 0 N–H and O–H groups in total. The first-order valence-corrected chi connectivity index (χ1v) is 22.9. The van der Waals surface area contributed by atoms with Crippen LogP contribution in [0.1, 0.15) is 0 Å². The molecule has 0 saturated heterocycles. The quantitative estimate of drug-likeness (QED) is 0.172. The van der Waals surface area contributed by atoms with Crippen molar-refractivity contribution in [3.8, 4) is 22.3 Å². The molecule has 6 heteroatoms. The Morgan fingerprint density at radius 1 is 0.176 bits per heavy atom. The zero-order valence-electron chi connectivity index (χ0n) is 35.8. The number of hydrogen-bond donors (Lipinski definition) is 0. The molecule has 11 aromatic carbocycles. The summed E-state index contributed by atoms with van der Waals surface area (Å²) in [5.41, 5.74) is 13.5. The van der Waals surface area contributed by atoms with E-state index >= 15 is 0 Å². The predicted molar refractivity (Wildman–Crippen MR) is 276 cm³/mol. The van der Waals surface area contributed by atoms with E-state index in [1.165, 1.54) is 0 Å². The minimum absolute atomic E-state index is 0.753. The molecule has 0 bridgehead atoms. The van der Waals surface area contributed by atoms with Crippen LogP contribution in [0.25, 0.3) is 175 Å². The predicted octanol–water partition coefficient (Wildman–Crippen LogP) is 18.7. The van der Waals surface area contributed by atoms with E-state index in [1.807, 2.05) is 48.5 Å². The second-order valence-electron chi connectivity index (χ2n) is 18.1. The van der Waals surface area contributed by atoms with E-state index < -0.39 is 0 Å². The number of rotatable bonds is 2. The summed E-state index contributed by atoms with van der Waals surface area (Å²) in [6, 6.07) is 63.1. The SMILES string of the molecule is c1ccc2c(c1)oc1cc(-c3cc4oc5cc6c(cc5c4c4c3oc3ccccc34)oc3cc(-c4cc5oc7ccccc7c5c5ccccc45)c4oc5ccccc5c4c36)c3ccccc3c12. The molecule has 6 aromatic heterocycles. The standard InChI is InChI=1S/C62H30O6/c1-3-15-33-31(13-1)39(25-51-55(33)35-17-5-9-21-45(35)63-51)41-27-53-57(59-37-19-7-11-23-47(37)67-61(41)59)43-29-50-44(30-49(43)65-53)58-54(66-50)28-42(62-60(58)38-20-8-12-24-48(38)68-62)40-26-52-56(34-16-4-2-14-32(34)40)36-18-6-10-22-46(36)64-52/h1-30H. The van der Waals surface area contributed by atoms with Crippen molar-refractivity contribution >= 4 is 153 Å². The molecular formula is C62H30O6. The van der Waals surface area contributed by atoms with Gasteiger partial charge in [0.15, 0.2) is 0 Å². The van der Waals surface area contributed by atoms with E-state index in [9.17, 15) is 0 Å². The Kier molecular flexibility index (Phi) is 6.36. The van der Waals surface area contributed by atoms with Crippen molar-refractivity contribution in [1.29, 1.82) is 0 Å². The highest BCUT2D eigenvalue weighted by Crippen LogP contribution is 2.51. The van der Waals surface area contributed by atoms with Crippen LogP contribution in [0.2, 0.25) is 0 Å². The fraction of sp³-hybridized carbons (Fsp3) is 0. The van der Waals surface area contributed by atoms with Gasteiger partial charge in [-0.25, -0.2) is 0 Å². The summed E-state index contributed by atoms with van der Waals surface area (Å²) in [5.74, 6) is 0. The van der Waals surface area contributed by atoms with Gasteiger partial charge in [-0.15, -0.1) is 0 Å². The molecule has 6 nitrogen and oxygen atoms in total. The lowest BCUT2D eigenvalue weighted by Crippen LogP contribution is -1.85. The zero-order chi connectivity index (χ0) is 43.9. The highest BCUT2D eigenvalue weighted by Gasteiger charge is 2.27. The lowest BCUT2D eigenvalue weighted by molar-refractivity contribution is 0.661. The number of benzene rings is 11. The van der Waals surface area contributed by atoms with Gasteiger partial charge in [0.25, 0.3) is 0 Å². The molecule has 0 aliphatic rings. The van der Waals surface area contributed by atoms with Gasteiger partial charge in [0.05, 0.1) is 0 Å². The summed E-state index contributed by atoms with van der Waals surface area (Å²) in [6.07, 6.45) is 0. The number of fused-ring (bicyclic) bond motifs is 24. The molecule has 0 fully saturated rings. The van der Waals surface area contributed by atoms with Crippen LogP contribution in [-0.4, -0.2) is 0 Å². The normalized spacial score (nSPS) is 12.7. The number of furan rings is 6. The van der Waals surface area contributed by atoms with Crippen molar-refractivity contribution < 1.29 is 26.5 Å².